The molecular formula is C32H30N2O5S2. The second-order valence-electron chi connectivity index (χ2n) is 10.5. The summed E-state index contributed by atoms with van der Waals surface area (Å²) in [6.45, 7) is 4.48. The number of fused-ring (bicyclic) bond motifs is 2. The van der Waals surface area contributed by atoms with Crippen LogP contribution in [0.2, 0.25) is 0 Å². The average molecular weight is 587 g/mol. The van der Waals surface area contributed by atoms with E-state index >= 15 is 0 Å². The zero-order valence-electron chi connectivity index (χ0n) is 22.7. The first-order valence-electron chi connectivity index (χ1n) is 13.4. The second kappa shape index (κ2) is 10.9. The van der Waals surface area contributed by atoms with E-state index in [1.165, 1.54) is 17.4 Å². The van der Waals surface area contributed by atoms with Crippen LogP contribution in [0.3, 0.4) is 0 Å². The SMILES string of the molecule is CC(C)(O)c1ccnc(-c2cccc3cc([C@@H](NS(=O)(=O)c4ccc5c(c4)OCCCO5)c4ccccc4)sc23)c1. The predicted molar refractivity (Wildman–Crippen MR) is 161 cm³/mol. The standard InChI is InChI=1S/C32H30N2O5S2/c1-32(2,35)23-14-15-33-26(19-23)25-11-6-10-22-18-29(40-31(22)25)30(21-8-4-3-5-9-21)34-41(36,37)24-12-13-27-28(20-24)39-17-7-16-38-27/h3-6,8-15,18-20,30,34-35H,7,16-17H2,1-2H3/t30-/m0/s1. The summed E-state index contributed by atoms with van der Waals surface area (Å²) in [6, 6.07) is 25.3. The molecule has 6 rings (SSSR count). The highest BCUT2D eigenvalue weighted by atomic mass is 32.2. The lowest BCUT2D eigenvalue weighted by atomic mass is 9.97. The van der Waals surface area contributed by atoms with Crippen LogP contribution in [-0.2, 0) is 15.6 Å². The van der Waals surface area contributed by atoms with Crippen LogP contribution in [0.4, 0.5) is 0 Å². The van der Waals surface area contributed by atoms with E-state index in [1.54, 1.807) is 32.2 Å². The third-order valence-electron chi connectivity index (χ3n) is 7.03. The highest BCUT2D eigenvalue weighted by Gasteiger charge is 2.27. The molecule has 3 aromatic carbocycles. The van der Waals surface area contributed by atoms with Gasteiger partial charge in [-0.1, -0.05) is 48.5 Å². The van der Waals surface area contributed by atoms with Crippen LogP contribution in [0, 0.1) is 0 Å². The van der Waals surface area contributed by atoms with Gasteiger partial charge in [0.1, 0.15) is 0 Å². The lowest BCUT2D eigenvalue weighted by Gasteiger charge is -2.19. The molecule has 0 radical (unpaired) electrons. The van der Waals surface area contributed by atoms with E-state index in [4.69, 9.17) is 9.47 Å². The van der Waals surface area contributed by atoms with Crippen molar-refractivity contribution in [2.45, 2.75) is 36.8 Å². The van der Waals surface area contributed by atoms with Gasteiger partial charge in [-0.3, -0.25) is 4.98 Å². The third kappa shape index (κ3) is 5.71. The van der Waals surface area contributed by atoms with Crippen LogP contribution in [0.1, 0.15) is 42.3 Å². The lowest BCUT2D eigenvalue weighted by molar-refractivity contribution is 0.0785. The number of nitrogens with zero attached hydrogens (tertiary/aromatic N) is 1. The summed E-state index contributed by atoms with van der Waals surface area (Å²) in [7, 11) is -3.94. The van der Waals surface area contributed by atoms with Crippen molar-refractivity contribution in [3.8, 4) is 22.8 Å². The third-order valence-corrected chi connectivity index (χ3v) is 9.69. The summed E-state index contributed by atoms with van der Waals surface area (Å²) in [5, 5.41) is 11.5. The molecule has 5 aromatic rings. The fourth-order valence-corrected chi connectivity index (χ4v) is 7.41. The Bertz CT molecular complexity index is 1810. The average Bonchev–Trinajstić information content (AvgIpc) is 3.26. The Morgan fingerprint density at radius 3 is 2.49 bits per heavy atom. The summed E-state index contributed by atoms with van der Waals surface area (Å²) in [5.41, 5.74) is 2.24. The molecule has 2 aromatic heterocycles. The first-order valence-corrected chi connectivity index (χ1v) is 15.7. The molecule has 0 saturated carbocycles. The first-order chi connectivity index (χ1) is 19.7. The molecule has 210 valence electrons. The maximum atomic E-state index is 13.8. The topological polar surface area (TPSA) is 97.8 Å². The summed E-state index contributed by atoms with van der Waals surface area (Å²) in [5.74, 6) is 0.967. The molecule has 0 spiro atoms. The number of thiophene rings is 1. The molecule has 0 amide bonds. The van der Waals surface area contributed by atoms with Gasteiger partial charge in [0.25, 0.3) is 0 Å². The van der Waals surface area contributed by atoms with E-state index in [0.29, 0.717) is 24.7 Å². The van der Waals surface area contributed by atoms with Gasteiger partial charge in [-0.2, -0.15) is 4.72 Å². The van der Waals surface area contributed by atoms with Gasteiger partial charge in [0.15, 0.2) is 11.5 Å². The van der Waals surface area contributed by atoms with E-state index in [0.717, 1.165) is 43.8 Å². The van der Waals surface area contributed by atoms with Crippen LogP contribution in [-0.4, -0.2) is 31.7 Å². The van der Waals surface area contributed by atoms with Crippen molar-refractivity contribution in [2.75, 3.05) is 13.2 Å². The van der Waals surface area contributed by atoms with Crippen molar-refractivity contribution in [3.63, 3.8) is 0 Å². The number of nitrogens with one attached hydrogen (secondary N) is 1. The molecule has 1 atom stereocenters. The highest BCUT2D eigenvalue weighted by Crippen LogP contribution is 2.40. The van der Waals surface area contributed by atoms with Gasteiger partial charge in [-0.15, -0.1) is 11.3 Å². The molecule has 1 aliphatic heterocycles. The monoisotopic (exact) mass is 586 g/mol. The summed E-state index contributed by atoms with van der Waals surface area (Å²) < 4.78 is 42.9. The van der Waals surface area contributed by atoms with Crippen molar-refractivity contribution in [3.05, 3.63) is 107 Å². The molecule has 0 saturated heterocycles. The Hall–Kier alpha value is -3.76. The molecule has 0 bridgehead atoms. The van der Waals surface area contributed by atoms with E-state index in [9.17, 15) is 13.5 Å². The number of hydrogen-bond acceptors (Lipinski definition) is 7. The summed E-state index contributed by atoms with van der Waals surface area (Å²) in [4.78, 5) is 5.54. The zero-order chi connectivity index (χ0) is 28.6. The minimum Gasteiger partial charge on any atom is -0.490 e. The number of aliphatic hydroxyl groups is 1. The maximum absolute atomic E-state index is 13.8. The normalized spacial score (nSPS) is 14.5. The van der Waals surface area contributed by atoms with Gasteiger partial charge in [0.2, 0.25) is 10.0 Å². The number of hydrogen-bond donors (Lipinski definition) is 2. The lowest BCUT2D eigenvalue weighted by Crippen LogP contribution is -2.29. The maximum Gasteiger partial charge on any atom is 0.241 e. The molecule has 0 unspecified atom stereocenters. The van der Waals surface area contributed by atoms with Crippen molar-refractivity contribution in [1.82, 2.24) is 9.71 Å². The fraction of sp³-hybridized carbons (Fsp3) is 0.219. The smallest absolute Gasteiger partial charge is 0.241 e. The van der Waals surface area contributed by atoms with E-state index in [2.05, 4.69) is 9.71 Å². The zero-order valence-corrected chi connectivity index (χ0v) is 24.3. The van der Waals surface area contributed by atoms with Crippen LogP contribution in [0.5, 0.6) is 11.5 Å². The van der Waals surface area contributed by atoms with Crippen LogP contribution >= 0.6 is 11.3 Å². The molecule has 0 fully saturated rings. The molecule has 0 aliphatic carbocycles. The van der Waals surface area contributed by atoms with Gasteiger partial charge < -0.3 is 14.6 Å². The Labute approximate surface area is 243 Å². The molecular weight excluding hydrogens is 556 g/mol. The van der Waals surface area contributed by atoms with Crippen molar-refractivity contribution >= 4 is 31.4 Å². The number of sulfonamides is 1. The first kappa shape index (κ1) is 27.4. The fourth-order valence-electron chi connectivity index (χ4n) is 4.86. The molecule has 7 nitrogen and oxygen atoms in total. The van der Waals surface area contributed by atoms with E-state index < -0.39 is 21.7 Å². The number of rotatable bonds is 7. The Kier molecular flexibility index (Phi) is 7.29. The van der Waals surface area contributed by atoms with Gasteiger partial charge in [0, 0.05) is 33.8 Å². The minimum absolute atomic E-state index is 0.108. The summed E-state index contributed by atoms with van der Waals surface area (Å²) >= 11 is 1.52. The second-order valence-corrected chi connectivity index (χ2v) is 13.3. The Morgan fingerprint density at radius 1 is 0.927 bits per heavy atom. The van der Waals surface area contributed by atoms with Crippen molar-refractivity contribution < 1.29 is 23.0 Å². The number of ether oxygens (including phenoxy) is 2. The molecule has 9 heteroatoms. The van der Waals surface area contributed by atoms with Crippen molar-refractivity contribution in [2.24, 2.45) is 0 Å². The molecule has 2 N–H and O–H groups in total. The van der Waals surface area contributed by atoms with Crippen LogP contribution < -0.4 is 14.2 Å². The van der Waals surface area contributed by atoms with E-state index in [-0.39, 0.29) is 4.90 Å². The van der Waals surface area contributed by atoms with Gasteiger partial charge >= 0.3 is 0 Å². The van der Waals surface area contributed by atoms with Gasteiger partial charge in [-0.05, 0) is 60.7 Å². The molecule has 1 aliphatic rings. The number of aromatic nitrogens is 1. The van der Waals surface area contributed by atoms with Gasteiger partial charge in [0.05, 0.1) is 35.4 Å². The Morgan fingerprint density at radius 2 is 1.71 bits per heavy atom. The molecule has 41 heavy (non-hydrogen) atoms. The number of benzene rings is 3. The Balaban J connectivity index is 1.42. The van der Waals surface area contributed by atoms with Crippen LogP contribution in [0.15, 0.2) is 96.0 Å². The summed E-state index contributed by atoms with van der Waals surface area (Å²) in [6.07, 6.45) is 2.43. The van der Waals surface area contributed by atoms with Crippen LogP contribution in [0.25, 0.3) is 21.3 Å². The number of pyridine rings is 1. The minimum atomic E-state index is -3.94. The highest BCUT2D eigenvalue weighted by molar-refractivity contribution is 7.89. The van der Waals surface area contributed by atoms with E-state index in [1.807, 2.05) is 66.7 Å². The predicted octanol–water partition coefficient (Wildman–Crippen LogP) is 6.42. The quantitative estimate of drug-likeness (QED) is 0.228. The van der Waals surface area contributed by atoms with Gasteiger partial charge in [-0.25, -0.2) is 8.42 Å². The largest absolute Gasteiger partial charge is 0.490 e. The molecule has 3 heterocycles. The van der Waals surface area contributed by atoms with Crippen molar-refractivity contribution in [1.29, 1.82) is 0 Å².